The second-order valence-corrected chi connectivity index (χ2v) is 8.19. The minimum Gasteiger partial charge on any atom is -0.494 e. The van der Waals surface area contributed by atoms with Crippen LogP contribution in [0.4, 0.5) is 15.8 Å². The Morgan fingerprint density at radius 2 is 1.82 bits per heavy atom. The van der Waals surface area contributed by atoms with Crippen molar-refractivity contribution in [1.29, 1.82) is 0 Å². The molecular formula is C18H22FN3O5S. The Labute approximate surface area is 162 Å². The highest BCUT2D eigenvalue weighted by Gasteiger charge is 2.23. The summed E-state index contributed by atoms with van der Waals surface area (Å²) in [6.07, 6.45) is 0. The number of halogens is 1. The van der Waals surface area contributed by atoms with E-state index in [1.807, 2.05) is 0 Å². The zero-order valence-electron chi connectivity index (χ0n) is 15.9. The van der Waals surface area contributed by atoms with E-state index in [0.29, 0.717) is 5.56 Å². The highest BCUT2D eigenvalue weighted by molar-refractivity contribution is 7.89. The van der Waals surface area contributed by atoms with Gasteiger partial charge in [0.25, 0.3) is 5.69 Å². The molecule has 2 rings (SSSR count). The van der Waals surface area contributed by atoms with E-state index in [9.17, 15) is 22.9 Å². The monoisotopic (exact) mass is 411 g/mol. The smallest absolute Gasteiger partial charge is 0.293 e. The summed E-state index contributed by atoms with van der Waals surface area (Å²) in [5.74, 6) is -0.460. The van der Waals surface area contributed by atoms with E-state index in [1.54, 1.807) is 26.8 Å². The summed E-state index contributed by atoms with van der Waals surface area (Å²) in [5.41, 5.74) is 0.274. The van der Waals surface area contributed by atoms with Crippen molar-refractivity contribution in [2.24, 2.45) is 0 Å². The van der Waals surface area contributed by atoms with Crippen LogP contribution in [0.1, 0.15) is 32.4 Å². The van der Waals surface area contributed by atoms with Crippen LogP contribution in [0.5, 0.6) is 5.75 Å². The summed E-state index contributed by atoms with van der Waals surface area (Å²) in [5, 5.41) is 14.4. The number of methoxy groups -OCH3 is 1. The Kier molecular flexibility index (Phi) is 6.57. The fourth-order valence-electron chi connectivity index (χ4n) is 2.60. The second kappa shape index (κ2) is 8.53. The minimum absolute atomic E-state index is 0.0918. The number of hydrogen-bond donors (Lipinski definition) is 2. The maximum Gasteiger partial charge on any atom is 0.293 e. The molecule has 8 nitrogen and oxygen atoms in total. The van der Waals surface area contributed by atoms with E-state index >= 15 is 0 Å². The summed E-state index contributed by atoms with van der Waals surface area (Å²) < 4.78 is 45.7. The predicted octanol–water partition coefficient (Wildman–Crippen LogP) is 3.60. The normalized spacial score (nSPS) is 12.6. The molecule has 0 spiro atoms. The van der Waals surface area contributed by atoms with E-state index in [4.69, 9.17) is 4.74 Å². The van der Waals surface area contributed by atoms with Crippen molar-refractivity contribution in [3.63, 3.8) is 0 Å². The first kappa shape index (κ1) is 21.6. The molecule has 0 amide bonds. The Balaban J connectivity index is 2.35. The first-order chi connectivity index (χ1) is 13.0. The van der Waals surface area contributed by atoms with E-state index < -0.39 is 32.5 Å². The van der Waals surface area contributed by atoms with Gasteiger partial charge in [0.2, 0.25) is 10.0 Å². The van der Waals surface area contributed by atoms with Crippen molar-refractivity contribution in [2.45, 2.75) is 37.8 Å². The number of hydrogen-bond acceptors (Lipinski definition) is 6. The third-order valence-corrected chi connectivity index (χ3v) is 5.57. The average molecular weight is 411 g/mol. The van der Waals surface area contributed by atoms with Crippen molar-refractivity contribution < 1.29 is 22.5 Å². The highest BCUT2D eigenvalue weighted by atomic mass is 32.2. The molecule has 2 aromatic carbocycles. The van der Waals surface area contributed by atoms with E-state index in [0.717, 1.165) is 6.07 Å². The lowest BCUT2D eigenvalue weighted by atomic mass is 10.1. The fourth-order valence-corrected chi connectivity index (χ4v) is 3.87. The van der Waals surface area contributed by atoms with Crippen LogP contribution in [0.2, 0.25) is 0 Å². The second-order valence-electron chi connectivity index (χ2n) is 6.47. The number of nitro benzene ring substituents is 1. The lowest BCUT2D eigenvalue weighted by Gasteiger charge is -2.17. The molecule has 2 N–H and O–H groups in total. The van der Waals surface area contributed by atoms with Gasteiger partial charge in [-0.3, -0.25) is 10.1 Å². The third-order valence-electron chi connectivity index (χ3n) is 3.91. The van der Waals surface area contributed by atoms with Crippen LogP contribution in [0.3, 0.4) is 0 Å². The zero-order chi connectivity index (χ0) is 21.1. The summed E-state index contributed by atoms with van der Waals surface area (Å²) in [7, 11) is -2.52. The van der Waals surface area contributed by atoms with Gasteiger partial charge in [-0.05, 0) is 50.6 Å². The third kappa shape index (κ3) is 4.96. The average Bonchev–Trinajstić information content (AvgIpc) is 2.60. The quantitative estimate of drug-likeness (QED) is 0.507. The van der Waals surface area contributed by atoms with Crippen LogP contribution in [0.15, 0.2) is 41.3 Å². The van der Waals surface area contributed by atoms with Crippen LogP contribution in [-0.2, 0) is 10.0 Å². The predicted molar refractivity (Wildman–Crippen MR) is 104 cm³/mol. The molecule has 0 heterocycles. The van der Waals surface area contributed by atoms with Crippen LogP contribution >= 0.6 is 0 Å². The van der Waals surface area contributed by atoms with Crippen LogP contribution in [0.25, 0.3) is 0 Å². The van der Waals surface area contributed by atoms with Gasteiger partial charge in [-0.15, -0.1) is 0 Å². The lowest BCUT2D eigenvalue weighted by molar-refractivity contribution is -0.384. The van der Waals surface area contributed by atoms with Gasteiger partial charge in [0.15, 0.2) is 11.6 Å². The van der Waals surface area contributed by atoms with Crippen LogP contribution in [0, 0.1) is 15.9 Å². The highest BCUT2D eigenvalue weighted by Crippen LogP contribution is 2.31. The Bertz CT molecular complexity index is 979. The fraction of sp³-hybridized carbons (Fsp3) is 0.333. The van der Waals surface area contributed by atoms with Crippen molar-refractivity contribution in [1.82, 2.24) is 4.72 Å². The van der Waals surface area contributed by atoms with Crippen molar-refractivity contribution in [3.05, 3.63) is 57.9 Å². The minimum atomic E-state index is -3.87. The molecule has 0 aromatic heterocycles. The summed E-state index contributed by atoms with van der Waals surface area (Å²) in [4.78, 5) is 10.6. The molecule has 0 unspecified atom stereocenters. The van der Waals surface area contributed by atoms with Crippen molar-refractivity contribution >= 4 is 21.4 Å². The lowest BCUT2D eigenvalue weighted by Crippen LogP contribution is -2.30. The Morgan fingerprint density at radius 1 is 1.14 bits per heavy atom. The number of nitro groups is 1. The van der Waals surface area contributed by atoms with Gasteiger partial charge in [0, 0.05) is 18.2 Å². The molecule has 152 valence electrons. The van der Waals surface area contributed by atoms with Gasteiger partial charge in [-0.2, -0.15) is 0 Å². The number of anilines is 1. The van der Waals surface area contributed by atoms with E-state index in [2.05, 4.69) is 10.0 Å². The maximum absolute atomic E-state index is 13.9. The molecular weight excluding hydrogens is 389 g/mol. The number of ether oxygens (including phenoxy) is 1. The first-order valence-corrected chi connectivity index (χ1v) is 9.94. The molecule has 0 saturated carbocycles. The summed E-state index contributed by atoms with van der Waals surface area (Å²) in [6, 6.07) is 7.14. The van der Waals surface area contributed by atoms with Gasteiger partial charge in [-0.1, -0.05) is 6.07 Å². The SMILES string of the molecule is COc1ccc([C@@H](C)Nc2ccc(S(=O)(=O)NC(C)C)cc2[N+](=O)[O-])cc1F. The zero-order valence-corrected chi connectivity index (χ0v) is 16.7. The molecule has 1 atom stereocenters. The molecule has 0 bridgehead atoms. The first-order valence-electron chi connectivity index (χ1n) is 8.46. The maximum atomic E-state index is 13.9. The Morgan fingerprint density at radius 3 is 2.36 bits per heavy atom. The summed E-state index contributed by atoms with van der Waals surface area (Å²) in [6.45, 7) is 5.01. The molecule has 10 heteroatoms. The molecule has 0 aliphatic carbocycles. The largest absolute Gasteiger partial charge is 0.494 e. The molecule has 0 aliphatic rings. The Hall–Kier alpha value is -2.72. The van der Waals surface area contributed by atoms with Crippen LogP contribution < -0.4 is 14.8 Å². The van der Waals surface area contributed by atoms with Gasteiger partial charge >= 0.3 is 0 Å². The number of rotatable bonds is 8. The topological polar surface area (TPSA) is 111 Å². The van der Waals surface area contributed by atoms with Gasteiger partial charge < -0.3 is 10.1 Å². The van der Waals surface area contributed by atoms with Crippen molar-refractivity contribution in [2.75, 3.05) is 12.4 Å². The molecule has 0 radical (unpaired) electrons. The van der Waals surface area contributed by atoms with Gasteiger partial charge in [-0.25, -0.2) is 17.5 Å². The van der Waals surface area contributed by atoms with E-state index in [1.165, 1.54) is 31.4 Å². The number of benzene rings is 2. The number of nitrogens with one attached hydrogen (secondary N) is 2. The van der Waals surface area contributed by atoms with E-state index in [-0.39, 0.29) is 22.4 Å². The van der Waals surface area contributed by atoms with Gasteiger partial charge in [0.1, 0.15) is 5.69 Å². The molecule has 0 saturated heterocycles. The molecule has 0 aliphatic heterocycles. The van der Waals surface area contributed by atoms with Gasteiger partial charge in [0.05, 0.1) is 16.9 Å². The number of sulfonamides is 1. The van der Waals surface area contributed by atoms with Crippen LogP contribution in [-0.4, -0.2) is 26.5 Å². The molecule has 0 fully saturated rings. The molecule has 28 heavy (non-hydrogen) atoms. The number of nitrogens with zero attached hydrogens (tertiary/aromatic N) is 1. The standard InChI is InChI=1S/C18H22FN3O5S/c1-11(2)21-28(25,26)14-6-7-16(17(10-14)22(23)24)20-12(3)13-5-8-18(27-4)15(19)9-13/h5-12,20-21H,1-4H3/t12-/m1/s1. The molecule has 2 aromatic rings. The van der Waals surface area contributed by atoms with Crippen molar-refractivity contribution in [3.8, 4) is 5.75 Å². The summed E-state index contributed by atoms with van der Waals surface area (Å²) >= 11 is 0.